The van der Waals surface area contributed by atoms with Crippen LogP contribution >= 0.6 is 24.0 Å². The number of nitrogens with zero attached hydrogens (tertiary/aromatic N) is 2. The van der Waals surface area contributed by atoms with E-state index >= 15 is 0 Å². The fraction of sp³-hybridized carbons (Fsp3) is 0.409. The Labute approximate surface area is 186 Å². The summed E-state index contributed by atoms with van der Waals surface area (Å²) in [7, 11) is 4.08. The minimum Gasteiger partial charge on any atom is -0.492 e. The van der Waals surface area contributed by atoms with Gasteiger partial charge in [0.25, 0.3) is 0 Å². The number of nitrogens with one attached hydrogen (secondary N) is 2. The van der Waals surface area contributed by atoms with Crippen molar-refractivity contribution in [2.24, 2.45) is 4.99 Å². The van der Waals surface area contributed by atoms with Gasteiger partial charge in [0.15, 0.2) is 5.96 Å². The van der Waals surface area contributed by atoms with E-state index in [-0.39, 0.29) is 30.0 Å². The topological polar surface area (TPSA) is 48.9 Å². The summed E-state index contributed by atoms with van der Waals surface area (Å²) in [5.74, 6) is 1.70. The van der Waals surface area contributed by atoms with Crippen molar-refractivity contribution in [3.05, 3.63) is 65.7 Å². The number of likely N-dealkylation sites (N-methyl/N-ethyl adjacent to an activating group) is 1. The highest BCUT2D eigenvalue weighted by Gasteiger charge is 2.07. The van der Waals surface area contributed by atoms with Crippen molar-refractivity contribution in [3.63, 3.8) is 0 Å². The van der Waals surface area contributed by atoms with Gasteiger partial charge >= 0.3 is 0 Å². The molecule has 0 radical (unpaired) electrons. The quantitative estimate of drug-likeness (QED) is 0.313. The number of guanidine groups is 1. The Morgan fingerprint density at radius 1 is 1.11 bits per heavy atom. The van der Waals surface area contributed by atoms with Crippen molar-refractivity contribution in [1.29, 1.82) is 0 Å². The molecule has 0 aliphatic heterocycles. The predicted octanol–water partition coefficient (Wildman–Crippen LogP) is 4.06. The summed E-state index contributed by atoms with van der Waals surface area (Å²) < 4.78 is 5.81. The Morgan fingerprint density at radius 3 is 2.54 bits per heavy atom. The molecule has 28 heavy (non-hydrogen) atoms. The van der Waals surface area contributed by atoms with Crippen LogP contribution in [-0.4, -0.2) is 44.7 Å². The van der Waals surface area contributed by atoms with Crippen LogP contribution in [0, 0.1) is 0 Å². The first-order chi connectivity index (χ1) is 13.1. The molecule has 0 aromatic heterocycles. The van der Waals surface area contributed by atoms with Gasteiger partial charge in [-0.3, -0.25) is 0 Å². The third-order valence-electron chi connectivity index (χ3n) is 4.12. The van der Waals surface area contributed by atoms with Crippen LogP contribution < -0.4 is 15.4 Å². The maximum absolute atomic E-state index is 5.81. The van der Waals surface area contributed by atoms with E-state index in [4.69, 9.17) is 9.73 Å². The molecule has 0 saturated heterocycles. The molecule has 154 valence electrons. The van der Waals surface area contributed by atoms with Gasteiger partial charge in [-0.15, -0.1) is 24.0 Å². The maximum Gasteiger partial charge on any atom is 0.192 e. The van der Waals surface area contributed by atoms with Crippen LogP contribution in [0.5, 0.6) is 5.75 Å². The molecular formula is C22H33IN4O. The summed E-state index contributed by atoms with van der Waals surface area (Å²) in [6.07, 6.45) is 0. The summed E-state index contributed by atoms with van der Waals surface area (Å²) in [5.41, 5.74) is 2.36. The molecule has 0 amide bonds. The van der Waals surface area contributed by atoms with E-state index < -0.39 is 0 Å². The highest BCUT2D eigenvalue weighted by molar-refractivity contribution is 14.0. The molecule has 0 heterocycles. The second-order valence-electron chi connectivity index (χ2n) is 6.77. The Morgan fingerprint density at radius 2 is 1.86 bits per heavy atom. The zero-order valence-corrected chi connectivity index (χ0v) is 19.6. The average molecular weight is 496 g/mol. The first kappa shape index (κ1) is 24.2. The zero-order chi connectivity index (χ0) is 19.5. The Kier molecular flexibility index (Phi) is 11.6. The lowest BCUT2D eigenvalue weighted by atomic mass is 10.1. The van der Waals surface area contributed by atoms with Crippen molar-refractivity contribution in [2.45, 2.75) is 26.4 Å². The SMILES string of the molecule is CCNC(=NCc1cccc(OCCN(C)C)c1)NC(C)c1ccccc1.I. The number of rotatable bonds is 9. The third kappa shape index (κ3) is 8.93. The minimum atomic E-state index is 0. The largest absolute Gasteiger partial charge is 0.492 e. The normalized spacial score (nSPS) is 12.2. The van der Waals surface area contributed by atoms with Gasteiger partial charge in [0, 0.05) is 13.1 Å². The summed E-state index contributed by atoms with van der Waals surface area (Å²) in [5, 5.41) is 6.78. The fourth-order valence-electron chi connectivity index (χ4n) is 2.60. The van der Waals surface area contributed by atoms with Crippen molar-refractivity contribution in [3.8, 4) is 5.75 Å². The molecule has 0 bridgehead atoms. The molecule has 0 aliphatic carbocycles. The molecule has 1 unspecified atom stereocenters. The second kappa shape index (κ2) is 13.4. The average Bonchev–Trinajstić information content (AvgIpc) is 2.67. The van der Waals surface area contributed by atoms with E-state index in [0.717, 1.165) is 30.4 Å². The minimum absolute atomic E-state index is 0. The number of hydrogen-bond donors (Lipinski definition) is 2. The molecular weight excluding hydrogens is 463 g/mol. The summed E-state index contributed by atoms with van der Waals surface area (Å²) in [6.45, 7) is 7.21. The van der Waals surface area contributed by atoms with Crippen molar-refractivity contribution in [2.75, 3.05) is 33.8 Å². The van der Waals surface area contributed by atoms with Crippen LogP contribution in [0.25, 0.3) is 0 Å². The maximum atomic E-state index is 5.81. The molecule has 2 aromatic carbocycles. The van der Waals surface area contributed by atoms with Crippen LogP contribution in [0.3, 0.4) is 0 Å². The van der Waals surface area contributed by atoms with Crippen LogP contribution in [-0.2, 0) is 6.54 Å². The van der Waals surface area contributed by atoms with Crippen molar-refractivity contribution >= 4 is 29.9 Å². The number of aliphatic imine (C=N–C) groups is 1. The van der Waals surface area contributed by atoms with Crippen LogP contribution in [0.4, 0.5) is 0 Å². The second-order valence-corrected chi connectivity index (χ2v) is 6.77. The van der Waals surface area contributed by atoms with Gasteiger partial charge in [-0.1, -0.05) is 42.5 Å². The molecule has 0 fully saturated rings. The highest BCUT2D eigenvalue weighted by atomic mass is 127. The van der Waals surface area contributed by atoms with E-state index in [9.17, 15) is 0 Å². The number of ether oxygens (including phenoxy) is 1. The Balaban J connectivity index is 0.00000392. The molecule has 2 aromatic rings. The van der Waals surface area contributed by atoms with Gasteiger partial charge in [-0.05, 0) is 51.2 Å². The van der Waals surface area contributed by atoms with E-state index in [1.807, 2.05) is 32.3 Å². The van der Waals surface area contributed by atoms with Crippen molar-refractivity contribution < 1.29 is 4.74 Å². The molecule has 0 aliphatic rings. The summed E-state index contributed by atoms with van der Waals surface area (Å²) in [4.78, 5) is 6.84. The zero-order valence-electron chi connectivity index (χ0n) is 17.3. The van der Waals surface area contributed by atoms with E-state index in [0.29, 0.717) is 13.2 Å². The van der Waals surface area contributed by atoms with Gasteiger partial charge in [-0.2, -0.15) is 0 Å². The van der Waals surface area contributed by atoms with Gasteiger partial charge in [-0.25, -0.2) is 4.99 Å². The number of halogens is 1. The molecule has 2 N–H and O–H groups in total. The summed E-state index contributed by atoms with van der Waals surface area (Å²) >= 11 is 0. The van der Waals surface area contributed by atoms with E-state index in [2.05, 4.69) is 65.8 Å². The van der Waals surface area contributed by atoms with Gasteiger partial charge in [0.1, 0.15) is 12.4 Å². The lowest BCUT2D eigenvalue weighted by Crippen LogP contribution is -2.38. The van der Waals surface area contributed by atoms with Crippen LogP contribution in [0.1, 0.15) is 31.0 Å². The van der Waals surface area contributed by atoms with Crippen LogP contribution in [0.2, 0.25) is 0 Å². The van der Waals surface area contributed by atoms with E-state index in [1.54, 1.807) is 0 Å². The first-order valence-electron chi connectivity index (χ1n) is 9.54. The predicted molar refractivity (Wildman–Crippen MR) is 129 cm³/mol. The lowest BCUT2D eigenvalue weighted by molar-refractivity contribution is 0.261. The van der Waals surface area contributed by atoms with Gasteiger partial charge in [0.2, 0.25) is 0 Å². The standard InChI is InChI=1S/C22H32N4O.HI/c1-5-23-22(25-18(2)20-11-7-6-8-12-20)24-17-19-10-9-13-21(16-19)27-15-14-26(3)4;/h6-13,16,18H,5,14-15,17H2,1-4H3,(H2,23,24,25);1H. The van der Waals surface area contributed by atoms with Gasteiger partial charge in [0.05, 0.1) is 12.6 Å². The van der Waals surface area contributed by atoms with E-state index in [1.165, 1.54) is 5.56 Å². The molecule has 0 spiro atoms. The lowest BCUT2D eigenvalue weighted by Gasteiger charge is -2.18. The van der Waals surface area contributed by atoms with Gasteiger partial charge < -0.3 is 20.3 Å². The third-order valence-corrected chi connectivity index (χ3v) is 4.12. The molecule has 1 atom stereocenters. The number of benzene rings is 2. The highest BCUT2D eigenvalue weighted by Crippen LogP contribution is 2.15. The van der Waals surface area contributed by atoms with Crippen LogP contribution in [0.15, 0.2) is 59.6 Å². The smallest absolute Gasteiger partial charge is 0.192 e. The molecule has 0 saturated carbocycles. The Bertz CT molecular complexity index is 707. The monoisotopic (exact) mass is 496 g/mol. The van der Waals surface area contributed by atoms with Crippen molar-refractivity contribution in [1.82, 2.24) is 15.5 Å². The molecule has 6 heteroatoms. The Hall–Kier alpha value is -1.80. The fourth-order valence-corrected chi connectivity index (χ4v) is 2.60. The molecule has 5 nitrogen and oxygen atoms in total. The first-order valence-corrected chi connectivity index (χ1v) is 9.54. The number of hydrogen-bond acceptors (Lipinski definition) is 3. The summed E-state index contributed by atoms with van der Waals surface area (Å²) in [6, 6.07) is 18.7. The molecule has 2 rings (SSSR count).